The monoisotopic (exact) mass is 234 g/mol. The van der Waals surface area contributed by atoms with Crippen molar-refractivity contribution in [2.24, 2.45) is 0 Å². The molecule has 0 aromatic heterocycles. The number of carbonyl (C=O) groups is 1. The van der Waals surface area contributed by atoms with Gasteiger partial charge >= 0.3 is 0 Å². The van der Waals surface area contributed by atoms with Crippen LogP contribution in [0.15, 0.2) is 30.4 Å². The minimum atomic E-state index is 0.141. The van der Waals surface area contributed by atoms with Gasteiger partial charge in [0, 0.05) is 6.42 Å². The van der Waals surface area contributed by atoms with Crippen molar-refractivity contribution in [3.05, 3.63) is 35.9 Å². The van der Waals surface area contributed by atoms with Crippen LogP contribution in [0, 0.1) is 0 Å². The van der Waals surface area contributed by atoms with Crippen LogP contribution in [0.3, 0.4) is 0 Å². The molecule has 1 N–H and O–H groups in total. The SMILES string of the molecule is CCC(=O)C=CCCc1ccc(OC)c(O)c1. The fraction of sp³-hybridized carbons (Fsp3) is 0.357. The molecule has 0 aliphatic rings. The van der Waals surface area contributed by atoms with E-state index in [0.717, 1.165) is 18.4 Å². The van der Waals surface area contributed by atoms with Crippen LogP contribution in [0.4, 0.5) is 0 Å². The molecule has 3 nitrogen and oxygen atoms in total. The third kappa shape index (κ3) is 4.31. The van der Waals surface area contributed by atoms with E-state index in [4.69, 9.17) is 4.74 Å². The number of phenolic OH excluding ortho intramolecular Hbond substituents is 1. The zero-order valence-corrected chi connectivity index (χ0v) is 10.3. The van der Waals surface area contributed by atoms with Crippen molar-refractivity contribution in [3.63, 3.8) is 0 Å². The Balaban J connectivity index is 2.50. The number of aryl methyl sites for hydroxylation is 1. The summed E-state index contributed by atoms with van der Waals surface area (Å²) in [5, 5.41) is 9.58. The first-order chi connectivity index (χ1) is 8.17. The van der Waals surface area contributed by atoms with Crippen LogP contribution in [-0.4, -0.2) is 18.0 Å². The van der Waals surface area contributed by atoms with E-state index in [1.54, 1.807) is 18.2 Å². The van der Waals surface area contributed by atoms with Crippen LogP contribution in [0.2, 0.25) is 0 Å². The Kier molecular flexibility index (Phi) is 5.27. The molecule has 17 heavy (non-hydrogen) atoms. The lowest BCUT2D eigenvalue weighted by Gasteiger charge is -2.05. The summed E-state index contributed by atoms with van der Waals surface area (Å²) in [6.45, 7) is 1.84. The highest BCUT2D eigenvalue weighted by Crippen LogP contribution is 2.26. The summed E-state index contributed by atoms with van der Waals surface area (Å²) in [5.74, 6) is 0.770. The first kappa shape index (κ1) is 13.3. The number of ketones is 1. The zero-order valence-electron chi connectivity index (χ0n) is 10.3. The van der Waals surface area contributed by atoms with E-state index in [9.17, 15) is 9.90 Å². The predicted molar refractivity (Wildman–Crippen MR) is 67.4 cm³/mol. The number of benzene rings is 1. The molecule has 0 heterocycles. The van der Waals surface area contributed by atoms with Crippen molar-refractivity contribution in [2.75, 3.05) is 7.11 Å². The molecule has 0 radical (unpaired) electrons. The molecule has 1 aromatic rings. The maximum atomic E-state index is 11.0. The highest BCUT2D eigenvalue weighted by molar-refractivity contribution is 5.89. The molecule has 0 bridgehead atoms. The van der Waals surface area contributed by atoms with Crippen LogP contribution in [-0.2, 0) is 11.2 Å². The third-order valence-electron chi connectivity index (χ3n) is 2.50. The Morgan fingerprint density at radius 2 is 2.24 bits per heavy atom. The van der Waals surface area contributed by atoms with E-state index in [1.807, 2.05) is 19.1 Å². The summed E-state index contributed by atoms with van der Waals surface area (Å²) in [5.41, 5.74) is 1.02. The van der Waals surface area contributed by atoms with Gasteiger partial charge in [-0.15, -0.1) is 0 Å². The smallest absolute Gasteiger partial charge is 0.160 e. The van der Waals surface area contributed by atoms with Gasteiger partial charge in [-0.2, -0.15) is 0 Å². The number of methoxy groups -OCH3 is 1. The zero-order chi connectivity index (χ0) is 12.7. The summed E-state index contributed by atoms with van der Waals surface area (Å²) in [4.78, 5) is 11.0. The number of aromatic hydroxyl groups is 1. The number of hydrogen-bond acceptors (Lipinski definition) is 3. The van der Waals surface area contributed by atoms with E-state index in [-0.39, 0.29) is 11.5 Å². The largest absolute Gasteiger partial charge is 0.504 e. The van der Waals surface area contributed by atoms with Crippen LogP contribution >= 0.6 is 0 Å². The van der Waals surface area contributed by atoms with Crippen LogP contribution < -0.4 is 4.74 Å². The molecule has 1 aromatic carbocycles. The number of allylic oxidation sites excluding steroid dienone is 2. The normalized spacial score (nSPS) is 10.7. The average Bonchev–Trinajstić information content (AvgIpc) is 2.34. The first-order valence-electron chi connectivity index (χ1n) is 5.72. The molecular weight excluding hydrogens is 216 g/mol. The molecule has 0 amide bonds. The molecule has 3 heteroatoms. The van der Waals surface area contributed by atoms with E-state index < -0.39 is 0 Å². The van der Waals surface area contributed by atoms with Crippen molar-refractivity contribution >= 4 is 5.78 Å². The minimum Gasteiger partial charge on any atom is -0.504 e. The maximum Gasteiger partial charge on any atom is 0.160 e. The van der Waals surface area contributed by atoms with Gasteiger partial charge < -0.3 is 9.84 Å². The second-order valence-corrected chi connectivity index (χ2v) is 3.77. The maximum absolute atomic E-state index is 11.0. The van der Waals surface area contributed by atoms with Crippen molar-refractivity contribution in [2.45, 2.75) is 26.2 Å². The number of ether oxygens (including phenoxy) is 1. The lowest BCUT2D eigenvalue weighted by Crippen LogP contribution is -1.89. The Morgan fingerprint density at radius 1 is 1.47 bits per heavy atom. The molecule has 0 unspecified atom stereocenters. The molecule has 0 atom stereocenters. The highest BCUT2D eigenvalue weighted by Gasteiger charge is 2.01. The number of phenols is 1. The highest BCUT2D eigenvalue weighted by atomic mass is 16.5. The van der Waals surface area contributed by atoms with E-state index >= 15 is 0 Å². The van der Waals surface area contributed by atoms with Gasteiger partial charge in [0.1, 0.15) is 0 Å². The molecule has 0 aliphatic heterocycles. The molecule has 0 aliphatic carbocycles. The summed E-state index contributed by atoms with van der Waals surface area (Å²) in [7, 11) is 1.52. The fourth-order valence-electron chi connectivity index (χ4n) is 1.47. The van der Waals surface area contributed by atoms with Gasteiger partial charge in [0.25, 0.3) is 0 Å². The summed E-state index contributed by atoms with van der Waals surface area (Å²) in [6, 6.07) is 5.34. The second-order valence-electron chi connectivity index (χ2n) is 3.77. The third-order valence-corrected chi connectivity index (χ3v) is 2.50. The van der Waals surface area contributed by atoms with E-state index in [0.29, 0.717) is 12.2 Å². The first-order valence-corrected chi connectivity index (χ1v) is 5.72. The van der Waals surface area contributed by atoms with Crippen LogP contribution in [0.1, 0.15) is 25.3 Å². The molecule has 0 fully saturated rings. The van der Waals surface area contributed by atoms with E-state index in [2.05, 4.69) is 0 Å². The summed E-state index contributed by atoms with van der Waals surface area (Å²) in [6.07, 6.45) is 5.61. The minimum absolute atomic E-state index is 0.141. The Bertz CT molecular complexity index is 408. The Morgan fingerprint density at radius 3 is 2.82 bits per heavy atom. The lowest BCUT2D eigenvalue weighted by molar-refractivity contribution is -0.114. The fourth-order valence-corrected chi connectivity index (χ4v) is 1.47. The molecule has 0 saturated heterocycles. The van der Waals surface area contributed by atoms with Crippen molar-refractivity contribution < 1.29 is 14.6 Å². The number of rotatable bonds is 6. The average molecular weight is 234 g/mol. The molecule has 0 saturated carbocycles. The summed E-state index contributed by atoms with van der Waals surface area (Å²) < 4.78 is 4.96. The Labute approximate surface area is 102 Å². The molecule has 92 valence electrons. The van der Waals surface area contributed by atoms with Crippen molar-refractivity contribution in [3.8, 4) is 11.5 Å². The number of hydrogen-bond donors (Lipinski definition) is 1. The molecule has 1 rings (SSSR count). The second kappa shape index (κ2) is 6.74. The van der Waals surface area contributed by atoms with Crippen LogP contribution in [0.25, 0.3) is 0 Å². The predicted octanol–water partition coefficient (Wildman–Crippen LogP) is 2.87. The van der Waals surface area contributed by atoms with Crippen molar-refractivity contribution in [1.29, 1.82) is 0 Å². The van der Waals surface area contributed by atoms with Gasteiger partial charge in [0.05, 0.1) is 7.11 Å². The lowest BCUT2D eigenvalue weighted by atomic mass is 10.1. The van der Waals surface area contributed by atoms with Gasteiger partial charge in [-0.3, -0.25) is 4.79 Å². The quantitative estimate of drug-likeness (QED) is 0.770. The van der Waals surface area contributed by atoms with Gasteiger partial charge in [0.2, 0.25) is 0 Å². The molecule has 0 spiro atoms. The van der Waals surface area contributed by atoms with Gasteiger partial charge in [0.15, 0.2) is 17.3 Å². The van der Waals surface area contributed by atoms with E-state index in [1.165, 1.54) is 7.11 Å². The summed E-state index contributed by atoms with van der Waals surface area (Å²) >= 11 is 0. The van der Waals surface area contributed by atoms with Crippen LogP contribution in [0.5, 0.6) is 11.5 Å². The van der Waals surface area contributed by atoms with Gasteiger partial charge in [-0.25, -0.2) is 0 Å². The number of carbonyl (C=O) groups excluding carboxylic acids is 1. The standard InChI is InChI=1S/C14H18O3/c1-3-12(15)7-5-4-6-11-8-9-14(17-2)13(16)10-11/h5,7-10,16H,3-4,6H2,1-2H3. The van der Waals surface area contributed by atoms with Crippen molar-refractivity contribution in [1.82, 2.24) is 0 Å². The van der Waals surface area contributed by atoms with Gasteiger partial charge in [-0.1, -0.05) is 19.1 Å². The topological polar surface area (TPSA) is 46.5 Å². The molecular formula is C14H18O3. The van der Waals surface area contributed by atoms with Gasteiger partial charge in [-0.05, 0) is 36.6 Å². The Hall–Kier alpha value is -1.77.